The molecule has 0 aromatic rings. The Kier molecular flexibility index (Phi) is 811. The molecule has 4 N–H and O–H groups in total. The summed E-state index contributed by atoms with van der Waals surface area (Å²) in [6, 6.07) is 0. The molecule has 0 aliphatic carbocycles. The van der Waals surface area contributed by atoms with Crippen LogP contribution in [-0.4, -0.2) is 29.8 Å². The minimum atomic E-state index is 0. The quantitative estimate of drug-likeness (QED) is 0.356. The second kappa shape index (κ2) is 48.0. The Bertz CT molecular complexity index is 9.61. The van der Waals surface area contributed by atoms with Crippen LogP contribution in [0.5, 0.6) is 0 Å². The summed E-state index contributed by atoms with van der Waals surface area (Å²) in [6.07, 6.45) is 0. The maximum atomic E-state index is 0. The molecule has 2 nitrogen and oxygen atoms in total. The molecule has 0 aliphatic heterocycles. The molecule has 5 heavy (non-hydrogen) atoms. The van der Waals surface area contributed by atoms with Crippen molar-refractivity contribution in [1.29, 1.82) is 0 Å². The third-order valence-electron chi connectivity index (χ3n) is 0. The van der Waals surface area contributed by atoms with Crippen LogP contribution in [0.2, 0.25) is 0 Å². The molecule has 0 aromatic carbocycles. The first-order valence-corrected chi connectivity index (χ1v) is 0. The average molecular weight is 158 g/mol. The second-order valence-electron chi connectivity index (χ2n) is 0. The van der Waals surface area contributed by atoms with Gasteiger partial charge in [0.15, 0.2) is 0 Å². The third-order valence-corrected chi connectivity index (χ3v) is 0. The minimum absolute atomic E-state index is 0. The van der Waals surface area contributed by atoms with E-state index < -0.39 is 0 Å². The molecule has 34 valence electrons. The van der Waals surface area contributed by atoms with Crippen LogP contribution >= 0.6 is 0 Å². The summed E-state index contributed by atoms with van der Waals surface area (Å²) >= 11 is 0. The first-order chi connectivity index (χ1) is 0. The van der Waals surface area contributed by atoms with Crippen LogP contribution in [-0.2, 0) is 33.8 Å². The molecule has 0 spiro atoms. The van der Waals surface area contributed by atoms with Gasteiger partial charge in [0.1, 0.15) is 0 Å². The van der Waals surface area contributed by atoms with Crippen LogP contribution in [0.3, 0.4) is 0 Å². The Labute approximate surface area is 63.5 Å². The van der Waals surface area contributed by atoms with E-state index >= 15 is 0 Å². The molecule has 0 saturated carbocycles. The van der Waals surface area contributed by atoms with E-state index in [0.29, 0.717) is 0 Å². The summed E-state index contributed by atoms with van der Waals surface area (Å²) in [5, 5.41) is 0. The van der Waals surface area contributed by atoms with Crippen molar-refractivity contribution < 1.29 is 44.8 Å². The van der Waals surface area contributed by atoms with Crippen molar-refractivity contribution in [3.8, 4) is 0 Å². The Hall–Kier alpha value is 1.54. The maximum Gasteiger partial charge on any atom is 0 e. The van der Waals surface area contributed by atoms with Gasteiger partial charge in [0.2, 0.25) is 0 Å². The molecule has 0 amide bonds. The first kappa shape index (κ1) is 84.4. The van der Waals surface area contributed by atoms with E-state index in [2.05, 4.69) is 0 Å². The molecule has 0 bridgehead atoms. The fraction of sp³-hybridized carbons (Fsp3) is 0. The standard InChI is InChI=1S/Co.Li.Mn.2H2O.H/h;;;2*1H2;. The summed E-state index contributed by atoms with van der Waals surface area (Å²) in [4.78, 5) is 0. The van der Waals surface area contributed by atoms with Gasteiger partial charge in [-0.25, -0.2) is 0 Å². The molecule has 0 unspecified atom stereocenters. The normalized spacial score (nSPS) is 0. The summed E-state index contributed by atoms with van der Waals surface area (Å²) in [6.45, 7) is 0. The zero-order chi connectivity index (χ0) is 0. The Morgan fingerprint density at radius 1 is 0.800 bits per heavy atom. The van der Waals surface area contributed by atoms with Gasteiger partial charge >= 0.3 is 18.9 Å². The molecule has 0 aromatic heterocycles. The van der Waals surface area contributed by atoms with Gasteiger partial charge in [0, 0.05) is 33.8 Å². The largest absolute Gasteiger partial charge is 0 e. The van der Waals surface area contributed by atoms with Crippen molar-refractivity contribution in [3.63, 3.8) is 0 Å². The van der Waals surface area contributed by atoms with Gasteiger partial charge in [-0.15, -0.1) is 0 Å². The molecule has 0 atom stereocenters. The first-order valence-electron chi connectivity index (χ1n) is 0. The van der Waals surface area contributed by atoms with Crippen LogP contribution < -0.4 is 0 Å². The van der Waals surface area contributed by atoms with Gasteiger partial charge in [-0.1, -0.05) is 0 Å². The number of hydrogen-bond donors (Lipinski definition) is 0. The molecular weight excluding hydrogens is 153 g/mol. The monoisotopic (exact) mass is 158 g/mol. The molecule has 0 aliphatic rings. The van der Waals surface area contributed by atoms with Crippen LogP contribution in [0, 0.1) is 0 Å². The minimum Gasteiger partial charge on any atom is 0 e. The fourth-order valence-corrected chi connectivity index (χ4v) is 0. The molecular formula is H5CoLiMnO2. The predicted octanol–water partition coefficient (Wildman–Crippen LogP) is -2.30. The second-order valence-corrected chi connectivity index (χ2v) is 0. The van der Waals surface area contributed by atoms with Crippen LogP contribution in [0.15, 0.2) is 0 Å². The Morgan fingerprint density at radius 3 is 0.800 bits per heavy atom. The molecule has 0 fully saturated rings. The zero-order valence-corrected chi connectivity index (χ0v) is 3.93. The van der Waals surface area contributed by atoms with Gasteiger partial charge in [0.25, 0.3) is 0 Å². The van der Waals surface area contributed by atoms with Gasteiger partial charge in [-0.2, -0.15) is 0 Å². The van der Waals surface area contributed by atoms with E-state index in [9.17, 15) is 0 Å². The van der Waals surface area contributed by atoms with E-state index in [-0.39, 0.29) is 63.7 Å². The third kappa shape index (κ3) is 29.2. The van der Waals surface area contributed by atoms with E-state index in [1.807, 2.05) is 0 Å². The average Bonchev–Trinajstić information content (AvgIpc) is 0. The summed E-state index contributed by atoms with van der Waals surface area (Å²) < 4.78 is 0. The van der Waals surface area contributed by atoms with Crippen LogP contribution in [0.1, 0.15) is 0 Å². The van der Waals surface area contributed by atoms with Gasteiger partial charge in [-0.05, 0) is 0 Å². The number of hydrogen-bond acceptors (Lipinski definition) is 0. The smallest absolute Gasteiger partial charge is 0 e. The fourth-order valence-electron chi connectivity index (χ4n) is 0. The van der Waals surface area contributed by atoms with Crippen LogP contribution in [0.4, 0.5) is 0 Å². The Morgan fingerprint density at radius 2 is 0.800 bits per heavy atom. The molecule has 2 radical (unpaired) electrons. The van der Waals surface area contributed by atoms with Crippen molar-refractivity contribution in [2.24, 2.45) is 0 Å². The zero-order valence-electron chi connectivity index (χ0n) is 1.71. The summed E-state index contributed by atoms with van der Waals surface area (Å²) in [7, 11) is 0. The Balaban J connectivity index is 0. The topological polar surface area (TPSA) is 63.0 Å². The van der Waals surface area contributed by atoms with Crippen molar-refractivity contribution in [3.05, 3.63) is 0 Å². The molecule has 0 heterocycles. The summed E-state index contributed by atoms with van der Waals surface area (Å²) in [5.41, 5.74) is 0. The number of rotatable bonds is 0. The predicted molar refractivity (Wildman–Crippen MR) is 14.4 cm³/mol. The van der Waals surface area contributed by atoms with E-state index in [4.69, 9.17) is 0 Å². The van der Waals surface area contributed by atoms with E-state index in [1.54, 1.807) is 0 Å². The van der Waals surface area contributed by atoms with Gasteiger partial charge in [-0.3, -0.25) is 0 Å². The van der Waals surface area contributed by atoms with E-state index in [1.165, 1.54) is 0 Å². The van der Waals surface area contributed by atoms with Crippen molar-refractivity contribution in [2.75, 3.05) is 0 Å². The SMILES string of the molecule is O.O.[Co].[LiH].[Mn]. The van der Waals surface area contributed by atoms with Gasteiger partial charge in [0.05, 0.1) is 0 Å². The van der Waals surface area contributed by atoms with Crippen LogP contribution in [0.25, 0.3) is 0 Å². The molecule has 0 saturated heterocycles. The summed E-state index contributed by atoms with van der Waals surface area (Å²) in [5.74, 6) is 0. The van der Waals surface area contributed by atoms with Crippen molar-refractivity contribution in [2.45, 2.75) is 0 Å². The van der Waals surface area contributed by atoms with Crippen molar-refractivity contribution >= 4 is 18.9 Å². The van der Waals surface area contributed by atoms with E-state index in [0.717, 1.165) is 0 Å². The maximum absolute atomic E-state index is 0. The molecule has 5 heteroatoms. The molecule has 0 rings (SSSR count). The van der Waals surface area contributed by atoms with Gasteiger partial charge < -0.3 is 11.0 Å². The van der Waals surface area contributed by atoms with Crippen molar-refractivity contribution in [1.82, 2.24) is 0 Å².